The number of amides is 1. The van der Waals surface area contributed by atoms with Crippen molar-refractivity contribution in [2.45, 2.75) is 20.4 Å². The summed E-state index contributed by atoms with van der Waals surface area (Å²) >= 11 is 0. The maximum Gasteiger partial charge on any atom is 0.224 e. The molecule has 1 amide bonds. The van der Waals surface area contributed by atoms with Crippen molar-refractivity contribution >= 4 is 5.91 Å². The number of nitrogens with two attached hydrogens (primary N) is 1. The van der Waals surface area contributed by atoms with E-state index in [2.05, 4.69) is 5.32 Å². The summed E-state index contributed by atoms with van der Waals surface area (Å²) in [4.78, 5) is 11.1. The molecule has 0 fully saturated rings. The highest BCUT2D eigenvalue weighted by Gasteiger charge is 2.24. The Kier molecular flexibility index (Phi) is 4.55. The SMILES string of the molecule is COc1cccc(CNCC(C)(C)C(N)=O)c1O. The van der Waals surface area contributed by atoms with Gasteiger partial charge in [-0.3, -0.25) is 4.79 Å². The smallest absolute Gasteiger partial charge is 0.224 e. The Hall–Kier alpha value is -1.75. The number of carbonyl (C=O) groups is 1. The van der Waals surface area contributed by atoms with E-state index >= 15 is 0 Å². The van der Waals surface area contributed by atoms with Crippen LogP contribution < -0.4 is 15.8 Å². The standard InChI is InChI=1S/C13H20N2O3/c1-13(2,12(14)17)8-15-7-9-5-4-6-10(18-3)11(9)16/h4-6,15-16H,7-8H2,1-3H3,(H2,14,17). The molecular formula is C13H20N2O3. The van der Waals surface area contributed by atoms with E-state index in [-0.39, 0.29) is 11.7 Å². The molecule has 0 aliphatic heterocycles. The van der Waals surface area contributed by atoms with Gasteiger partial charge in [0.05, 0.1) is 12.5 Å². The second-order valence-electron chi connectivity index (χ2n) is 4.82. The van der Waals surface area contributed by atoms with Gasteiger partial charge in [-0.15, -0.1) is 0 Å². The fraction of sp³-hybridized carbons (Fsp3) is 0.462. The molecule has 0 heterocycles. The Balaban J connectivity index is 2.62. The van der Waals surface area contributed by atoms with Gasteiger partial charge in [0.25, 0.3) is 0 Å². The molecule has 5 heteroatoms. The molecule has 18 heavy (non-hydrogen) atoms. The Morgan fingerprint density at radius 3 is 2.72 bits per heavy atom. The quantitative estimate of drug-likeness (QED) is 0.705. The Morgan fingerprint density at radius 2 is 2.17 bits per heavy atom. The number of carbonyl (C=O) groups excluding carboxylic acids is 1. The van der Waals surface area contributed by atoms with E-state index in [0.717, 1.165) is 5.56 Å². The molecule has 5 nitrogen and oxygen atoms in total. The van der Waals surface area contributed by atoms with Gasteiger partial charge in [0.2, 0.25) is 5.91 Å². The maximum absolute atomic E-state index is 11.1. The molecule has 4 N–H and O–H groups in total. The lowest BCUT2D eigenvalue weighted by Crippen LogP contribution is -2.40. The molecule has 0 atom stereocenters. The van der Waals surface area contributed by atoms with Crippen LogP contribution in [0.15, 0.2) is 18.2 Å². The van der Waals surface area contributed by atoms with E-state index in [9.17, 15) is 9.90 Å². The van der Waals surface area contributed by atoms with E-state index in [1.165, 1.54) is 7.11 Å². The number of ether oxygens (including phenoxy) is 1. The number of methoxy groups -OCH3 is 1. The number of nitrogens with one attached hydrogen (secondary N) is 1. The highest BCUT2D eigenvalue weighted by Crippen LogP contribution is 2.29. The Morgan fingerprint density at radius 1 is 1.50 bits per heavy atom. The lowest BCUT2D eigenvalue weighted by molar-refractivity contribution is -0.125. The molecule has 1 aromatic carbocycles. The first kappa shape index (κ1) is 14.3. The summed E-state index contributed by atoms with van der Waals surface area (Å²) < 4.78 is 5.02. The molecule has 0 saturated heterocycles. The maximum atomic E-state index is 11.1. The van der Waals surface area contributed by atoms with Crippen LogP contribution in [-0.2, 0) is 11.3 Å². The van der Waals surface area contributed by atoms with Crippen molar-refractivity contribution < 1.29 is 14.6 Å². The van der Waals surface area contributed by atoms with E-state index in [1.807, 2.05) is 0 Å². The van der Waals surface area contributed by atoms with Crippen LogP contribution in [0.1, 0.15) is 19.4 Å². The van der Waals surface area contributed by atoms with E-state index in [4.69, 9.17) is 10.5 Å². The fourth-order valence-corrected chi connectivity index (χ4v) is 1.47. The number of primary amides is 1. The average molecular weight is 252 g/mol. The van der Waals surface area contributed by atoms with Gasteiger partial charge in [-0.25, -0.2) is 0 Å². The van der Waals surface area contributed by atoms with E-state index in [1.54, 1.807) is 32.0 Å². The molecule has 0 aromatic heterocycles. The van der Waals surface area contributed by atoms with Gasteiger partial charge in [-0.05, 0) is 19.9 Å². The largest absolute Gasteiger partial charge is 0.504 e. The zero-order valence-electron chi connectivity index (χ0n) is 11.0. The summed E-state index contributed by atoms with van der Waals surface area (Å²) in [5.41, 5.74) is 5.38. The van der Waals surface area contributed by atoms with Crippen LogP contribution in [-0.4, -0.2) is 24.7 Å². The molecule has 0 aliphatic carbocycles. The van der Waals surface area contributed by atoms with Crippen molar-refractivity contribution in [1.29, 1.82) is 0 Å². The van der Waals surface area contributed by atoms with Crippen LogP contribution in [0.25, 0.3) is 0 Å². The lowest BCUT2D eigenvalue weighted by atomic mass is 9.93. The molecule has 0 aliphatic rings. The minimum absolute atomic E-state index is 0.115. The second-order valence-corrected chi connectivity index (χ2v) is 4.82. The highest BCUT2D eigenvalue weighted by molar-refractivity contribution is 5.80. The number of rotatable bonds is 6. The second kappa shape index (κ2) is 5.73. The van der Waals surface area contributed by atoms with Crippen molar-refractivity contribution in [2.75, 3.05) is 13.7 Å². The molecule has 0 radical (unpaired) electrons. The zero-order chi connectivity index (χ0) is 13.8. The van der Waals surface area contributed by atoms with Gasteiger partial charge < -0.3 is 20.9 Å². The first-order valence-electron chi connectivity index (χ1n) is 5.74. The summed E-state index contributed by atoms with van der Waals surface area (Å²) in [6.45, 7) is 4.43. The fourth-order valence-electron chi connectivity index (χ4n) is 1.47. The van der Waals surface area contributed by atoms with Crippen molar-refractivity contribution in [3.05, 3.63) is 23.8 Å². The number of phenols is 1. The van der Waals surface area contributed by atoms with E-state index in [0.29, 0.717) is 18.8 Å². The molecule has 0 saturated carbocycles. The van der Waals surface area contributed by atoms with Crippen LogP contribution in [0.4, 0.5) is 0 Å². The third-order valence-corrected chi connectivity index (χ3v) is 2.85. The van der Waals surface area contributed by atoms with Crippen molar-refractivity contribution in [1.82, 2.24) is 5.32 Å². The number of hydrogen-bond acceptors (Lipinski definition) is 4. The Labute approximate surface area is 107 Å². The van der Waals surface area contributed by atoms with Gasteiger partial charge in [-0.1, -0.05) is 12.1 Å². The topological polar surface area (TPSA) is 84.6 Å². The lowest BCUT2D eigenvalue weighted by Gasteiger charge is -2.21. The number of phenolic OH excluding ortho intramolecular Hbond substituents is 1. The first-order chi connectivity index (χ1) is 8.38. The summed E-state index contributed by atoms with van der Waals surface area (Å²) in [5.74, 6) is 0.192. The number of hydrogen-bond donors (Lipinski definition) is 3. The minimum atomic E-state index is -0.617. The van der Waals surface area contributed by atoms with E-state index < -0.39 is 5.41 Å². The van der Waals surface area contributed by atoms with Crippen LogP contribution in [0, 0.1) is 5.41 Å². The summed E-state index contributed by atoms with van der Waals surface area (Å²) in [6, 6.07) is 5.28. The van der Waals surface area contributed by atoms with Gasteiger partial charge in [0.15, 0.2) is 11.5 Å². The van der Waals surface area contributed by atoms with Crippen molar-refractivity contribution in [3.63, 3.8) is 0 Å². The van der Waals surface area contributed by atoms with Gasteiger partial charge in [0.1, 0.15) is 0 Å². The number of aromatic hydroxyl groups is 1. The summed E-state index contributed by atoms with van der Waals surface area (Å²) in [5, 5.41) is 13.0. The van der Waals surface area contributed by atoms with Crippen molar-refractivity contribution in [2.24, 2.45) is 11.1 Å². The monoisotopic (exact) mass is 252 g/mol. The Bertz CT molecular complexity index is 430. The average Bonchev–Trinajstić information content (AvgIpc) is 2.31. The van der Waals surface area contributed by atoms with Gasteiger partial charge in [0, 0.05) is 18.7 Å². The predicted octanol–water partition coefficient (Wildman–Crippen LogP) is 1.00. The summed E-state index contributed by atoms with van der Waals surface area (Å²) in [6.07, 6.45) is 0. The van der Waals surface area contributed by atoms with Gasteiger partial charge >= 0.3 is 0 Å². The molecule has 0 spiro atoms. The number of para-hydroxylation sites is 1. The zero-order valence-corrected chi connectivity index (χ0v) is 11.0. The molecular weight excluding hydrogens is 232 g/mol. The normalized spacial score (nSPS) is 11.3. The molecule has 1 rings (SSSR count). The molecule has 0 unspecified atom stereocenters. The van der Waals surface area contributed by atoms with Crippen LogP contribution in [0.5, 0.6) is 11.5 Å². The first-order valence-corrected chi connectivity index (χ1v) is 5.74. The van der Waals surface area contributed by atoms with Crippen LogP contribution >= 0.6 is 0 Å². The summed E-state index contributed by atoms with van der Waals surface area (Å²) in [7, 11) is 1.50. The predicted molar refractivity (Wildman–Crippen MR) is 69.3 cm³/mol. The third kappa shape index (κ3) is 3.37. The van der Waals surface area contributed by atoms with Crippen LogP contribution in [0.3, 0.4) is 0 Å². The molecule has 100 valence electrons. The number of benzene rings is 1. The van der Waals surface area contributed by atoms with Crippen molar-refractivity contribution in [3.8, 4) is 11.5 Å². The highest BCUT2D eigenvalue weighted by atomic mass is 16.5. The van der Waals surface area contributed by atoms with Gasteiger partial charge in [-0.2, -0.15) is 0 Å². The minimum Gasteiger partial charge on any atom is -0.504 e. The van der Waals surface area contributed by atoms with Crippen LogP contribution in [0.2, 0.25) is 0 Å². The molecule has 0 bridgehead atoms. The molecule has 1 aromatic rings. The third-order valence-electron chi connectivity index (χ3n) is 2.85.